The van der Waals surface area contributed by atoms with Gasteiger partial charge in [-0.1, -0.05) is 13.8 Å². The molecule has 4 nitrogen and oxygen atoms in total. The minimum atomic E-state index is -0.562. The fraction of sp³-hybridized carbons (Fsp3) is 0.556. The van der Waals surface area contributed by atoms with Crippen LogP contribution in [-0.4, -0.2) is 26.2 Å². The molecular weight excluding hydrogens is 172 g/mol. The normalized spacial score (nSPS) is 9.46. The average molecular weight is 188 g/mol. The van der Waals surface area contributed by atoms with E-state index in [9.17, 15) is 9.59 Å². The van der Waals surface area contributed by atoms with E-state index < -0.39 is 11.9 Å². The maximum Gasteiger partial charge on any atom is 0.333 e. The van der Waals surface area contributed by atoms with E-state index in [-0.39, 0.29) is 5.57 Å². The first-order valence-electron chi connectivity index (χ1n) is 3.96. The summed E-state index contributed by atoms with van der Waals surface area (Å²) in [4.78, 5) is 21.2. The lowest BCUT2D eigenvalue weighted by Gasteiger charge is -1.96. The molecule has 0 aromatic heterocycles. The molecule has 0 unspecified atom stereocenters. The van der Waals surface area contributed by atoms with Crippen LogP contribution in [0.4, 0.5) is 0 Å². The Balaban J connectivity index is 0. The summed E-state index contributed by atoms with van der Waals surface area (Å²) in [5.74, 6) is -1.09. The zero-order valence-corrected chi connectivity index (χ0v) is 8.71. The highest BCUT2D eigenvalue weighted by Crippen LogP contribution is 1.95. The van der Waals surface area contributed by atoms with E-state index in [1.54, 1.807) is 0 Å². The van der Waals surface area contributed by atoms with Crippen molar-refractivity contribution in [3.8, 4) is 0 Å². The molecule has 76 valence electrons. The first-order valence-corrected chi connectivity index (χ1v) is 3.96. The topological polar surface area (TPSA) is 52.6 Å². The van der Waals surface area contributed by atoms with E-state index in [2.05, 4.69) is 9.47 Å². The third-order valence-electron chi connectivity index (χ3n) is 1.04. The van der Waals surface area contributed by atoms with E-state index in [1.807, 2.05) is 13.8 Å². The van der Waals surface area contributed by atoms with Crippen molar-refractivity contribution in [2.75, 3.05) is 14.2 Å². The Labute approximate surface area is 78.5 Å². The van der Waals surface area contributed by atoms with Crippen LogP contribution in [0.3, 0.4) is 0 Å². The molecule has 0 bridgehead atoms. The molecule has 4 heteroatoms. The summed E-state index contributed by atoms with van der Waals surface area (Å²) < 4.78 is 8.63. The van der Waals surface area contributed by atoms with Gasteiger partial charge in [0.2, 0.25) is 0 Å². The second kappa shape index (κ2) is 8.77. The lowest BCUT2D eigenvalue weighted by molar-refractivity contribution is -0.138. The van der Waals surface area contributed by atoms with Crippen LogP contribution in [0.25, 0.3) is 0 Å². The third-order valence-corrected chi connectivity index (χ3v) is 1.04. The maximum atomic E-state index is 10.7. The van der Waals surface area contributed by atoms with Crippen molar-refractivity contribution in [1.29, 1.82) is 0 Å². The number of hydrogen-bond acceptors (Lipinski definition) is 4. The van der Waals surface area contributed by atoms with Crippen LogP contribution in [0.2, 0.25) is 0 Å². The summed E-state index contributed by atoms with van der Waals surface area (Å²) >= 11 is 0. The quantitative estimate of drug-likeness (QED) is 0.484. The number of hydrogen-bond donors (Lipinski definition) is 0. The van der Waals surface area contributed by atoms with Crippen molar-refractivity contribution in [3.63, 3.8) is 0 Å². The summed E-state index contributed by atoms with van der Waals surface area (Å²) in [7, 11) is 2.49. The van der Waals surface area contributed by atoms with Gasteiger partial charge in [-0.05, 0) is 6.92 Å². The molecule has 0 aliphatic rings. The van der Waals surface area contributed by atoms with Gasteiger partial charge < -0.3 is 9.47 Å². The molecule has 0 amide bonds. The van der Waals surface area contributed by atoms with Crippen LogP contribution in [0.15, 0.2) is 11.6 Å². The second-order valence-corrected chi connectivity index (χ2v) is 1.84. The van der Waals surface area contributed by atoms with Crippen molar-refractivity contribution < 1.29 is 19.1 Å². The van der Waals surface area contributed by atoms with Crippen LogP contribution >= 0.6 is 0 Å². The molecule has 0 rings (SSSR count). The summed E-state index contributed by atoms with van der Waals surface area (Å²) in [6, 6.07) is 0. The minimum Gasteiger partial charge on any atom is -0.466 e. The van der Waals surface area contributed by atoms with Crippen LogP contribution < -0.4 is 0 Å². The molecule has 0 saturated carbocycles. The second-order valence-electron chi connectivity index (χ2n) is 1.84. The number of carbonyl (C=O) groups is 2. The minimum absolute atomic E-state index is 0.222. The van der Waals surface area contributed by atoms with Gasteiger partial charge in [0.25, 0.3) is 0 Å². The highest BCUT2D eigenvalue weighted by atomic mass is 16.5. The molecule has 0 saturated heterocycles. The van der Waals surface area contributed by atoms with Gasteiger partial charge in [-0.25, -0.2) is 9.59 Å². The zero-order chi connectivity index (χ0) is 10.9. The largest absolute Gasteiger partial charge is 0.466 e. The fourth-order valence-corrected chi connectivity index (χ4v) is 0.456. The van der Waals surface area contributed by atoms with Gasteiger partial charge in [0.1, 0.15) is 0 Å². The molecule has 0 aromatic rings. The Hall–Kier alpha value is -1.32. The van der Waals surface area contributed by atoms with E-state index in [1.165, 1.54) is 21.1 Å². The highest BCUT2D eigenvalue weighted by molar-refractivity contribution is 5.95. The van der Waals surface area contributed by atoms with Crippen LogP contribution in [-0.2, 0) is 19.1 Å². The molecule has 0 radical (unpaired) electrons. The molecule has 0 atom stereocenters. The Bertz CT molecular complexity index is 194. The molecule has 0 aromatic carbocycles. The monoisotopic (exact) mass is 188 g/mol. The predicted molar refractivity (Wildman–Crippen MR) is 49.1 cm³/mol. The van der Waals surface area contributed by atoms with Gasteiger partial charge in [0, 0.05) is 11.6 Å². The lowest BCUT2D eigenvalue weighted by atomic mass is 10.3. The van der Waals surface area contributed by atoms with Gasteiger partial charge in [0.15, 0.2) is 0 Å². The standard InChI is InChI=1S/C7H10O4.C2H6/c1-5(7(9)11-3)4-6(8)10-2;1-2/h4H,1-3H3;1-2H3. The number of ether oxygens (including phenoxy) is 2. The Kier molecular flexibility index (Phi) is 9.60. The summed E-state index contributed by atoms with van der Waals surface area (Å²) in [6.45, 7) is 5.47. The molecular formula is C9H16O4. The zero-order valence-electron chi connectivity index (χ0n) is 8.71. The third kappa shape index (κ3) is 7.05. The predicted octanol–water partition coefficient (Wildman–Crippen LogP) is 1.30. The fourth-order valence-electron chi connectivity index (χ4n) is 0.456. The first kappa shape index (κ1) is 14.2. The number of carbonyl (C=O) groups excluding carboxylic acids is 2. The molecule has 13 heavy (non-hydrogen) atoms. The Morgan fingerprint density at radius 2 is 1.54 bits per heavy atom. The molecule has 0 fully saturated rings. The number of rotatable bonds is 2. The SMILES string of the molecule is CC.COC(=O)C=C(C)C(=O)OC. The molecule has 0 aliphatic heterocycles. The van der Waals surface area contributed by atoms with E-state index in [0.29, 0.717) is 0 Å². The lowest BCUT2D eigenvalue weighted by Crippen LogP contribution is -2.05. The van der Waals surface area contributed by atoms with E-state index in [0.717, 1.165) is 6.08 Å². The van der Waals surface area contributed by atoms with E-state index in [4.69, 9.17) is 0 Å². The highest BCUT2D eigenvalue weighted by Gasteiger charge is 2.05. The van der Waals surface area contributed by atoms with Gasteiger partial charge in [-0.2, -0.15) is 0 Å². The Morgan fingerprint density at radius 1 is 1.08 bits per heavy atom. The van der Waals surface area contributed by atoms with Crippen molar-refractivity contribution >= 4 is 11.9 Å². The summed E-state index contributed by atoms with van der Waals surface area (Å²) in [5, 5.41) is 0. The van der Waals surface area contributed by atoms with Crippen molar-refractivity contribution in [2.24, 2.45) is 0 Å². The number of methoxy groups -OCH3 is 2. The Morgan fingerprint density at radius 3 is 1.85 bits per heavy atom. The maximum absolute atomic E-state index is 10.7. The van der Waals surface area contributed by atoms with Gasteiger partial charge in [0.05, 0.1) is 14.2 Å². The molecule has 0 heterocycles. The molecule has 0 aliphatic carbocycles. The smallest absolute Gasteiger partial charge is 0.333 e. The number of esters is 2. The van der Waals surface area contributed by atoms with Gasteiger partial charge >= 0.3 is 11.9 Å². The van der Waals surface area contributed by atoms with Crippen LogP contribution in [0, 0.1) is 0 Å². The summed E-state index contributed by atoms with van der Waals surface area (Å²) in [6.07, 6.45) is 1.08. The van der Waals surface area contributed by atoms with Crippen molar-refractivity contribution in [2.45, 2.75) is 20.8 Å². The van der Waals surface area contributed by atoms with E-state index >= 15 is 0 Å². The van der Waals surface area contributed by atoms with Crippen molar-refractivity contribution in [1.82, 2.24) is 0 Å². The summed E-state index contributed by atoms with van der Waals surface area (Å²) in [5.41, 5.74) is 0.222. The van der Waals surface area contributed by atoms with Crippen molar-refractivity contribution in [3.05, 3.63) is 11.6 Å². The van der Waals surface area contributed by atoms with Gasteiger partial charge in [-0.3, -0.25) is 0 Å². The average Bonchev–Trinajstić information content (AvgIpc) is 2.19. The van der Waals surface area contributed by atoms with Crippen LogP contribution in [0.5, 0.6) is 0 Å². The first-order chi connectivity index (χ1) is 6.11. The van der Waals surface area contributed by atoms with Crippen LogP contribution in [0.1, 0.15) is 20.8 Å². The molecule has 0 spiro atoms. The van der Waals surface area contributed by atoms with Gasteiger partial charge in [-0.15, -0.1) is 0 Å². The molecule has 0 N–H and O–H groups in total.